The maximum absolute atomic E-state index is 13.2. The fraction of sp³-hybridized carbons (Fsp3) is 0.400. The lowest BCUT2D eigenvalue weighted by Crippen LogP contribution is -2.39. The van der Waals surface area contributed by atoms with Crippen molar-refractivity contribution in [3.8, 4) is 0 Å². The average Bonchev–Trinajstić information content (AvgIpc) is 2.18. The zero-order valence-corrected chi connectivity index (χ0v) is 9.84. The van der Waals surface area contributed by atoms with Gasteiger partial charge in [0.05, 0.1) is 5.38 Å². The van der Waals surface area contributed by atoms with E-state index in [0.717, 1.165) is 0 Å². The molecule has 1 aromatic rings. The van der Waals surface area contributed by atoms with Gasteiger partial charge in [-0.1, -0.05) is 0 Å². The Kier molecular flexibility index (Phi) is 4.52. The minimum absolute atomic E-state index is 0.132. The van der Waals surface area contributed by atoms with Crippen LogP contribution in [0.25, 0.3) is 0 Å². The van der Waals surface area contributed by atoms with E-state index in [9.17, 15) is 39.5 Å². The van der Waals surface area contributed by atoms with Crippen molar-refractivity contribution in [2.75, 3.05) is 0 Å². The number of alkyl halides is 7. The third kappa shape index (κ3) is 3.50. The highest BCUT2D eigenvalue weighted by molar-refractivity contribution is 6.21. The molecular formula is C10H4ClF9. The Bertz CT molecular complexity index is 477. The highest BCUT2D eigenvalue weighted by Crippen LogP contribution is 2.49. The van der Waals surface area contributed by atoms with Gasteiger partial charge in [0.15, 0.2) is 17.6 Å². The van der Waals surface area contributed by atoms with Gasteiger partial charge in [0.1, 0.15) is 5.82 Å². The summed E-state index contributed by atoms with van der Waals surface area (Å²) in [4.78, 5) is 0. The molecule has 0 saturated heterocycles. The highest BCUT2D eigenvalue weighted by Gasteiger charge is 2.60. The molecule has 114 valence electrons. The second-order valence-electron chi connectivity index (χ2n) is 3.75. The first-order valence-corrected chi connectivity index (χ1v) is 5.21. The van der Waals surface area contributed by atoms with Crippen LogP contribution in [-0.2, 0) is 0 Å². The van der Waals surface area contributed by atoms with Crippen molar-refractivity contribution in [1.82, 2.24) is 0 Å². The maximum Gasteiger partial charge on any atom is 0.402 e. The first-order valence-electron chi connectivity index (χ1n) is 4.77. The molecule has 0 aromatic heterocycles. The third-order valence-electron chi connectivity index (χ3n) is 2.33. The van der Waals surface area contributed by atoms with E-state index in [0.29, 0.717) is 0 Å². The molecule has 10 heteroatoms. The standard InChI is InChI=1S/C10H4ClF9/c11-7(8(9(15,16)17)10(18,19)20)3-1-5(13)6(14)2-4(3)12/h1-2,7-8H. The number of rotatable bonds is 2. The van der Waals surface area contributed by atoms with Crippen LogP contribution in [0.4, 0.5) is 39.5 Å². The second kappa shape index (κ2) is 5.34. The van der Waals surface area contributed by atoms with Crippen LogP contribution in [0.5, 0.6) is 0 Å². The third-order valence-corrected chi connectivity index (χ3v) is 2.82. The predicted molar refractivity (Wildman–Crippen MR) is 50.5 cm³/mol. The van der Waals surface area contributed by atoms with Crippen molar-refractivity contribution in [3.63, 3.8) is 0 Å². The van der Waals surface area contributed by atoms with Crippen molar-refractivity contribution in [3.05, 3.63) is 35.1 Å². The molecule has 0 aliphatic heterocycles. The van der Waals surface area contributed by atoms with Gasteiger partial charge >= 0.3 is 12.4 Å². The van der Waals surface area contributed by atoms with E-state index in [1.165, 1.54) is 0 Å². The van der Waals surface area contributed by atoms with E-state index in [1.54, 1.807) is 0 Å². The predicted octanol–water partition coefficient (Wildman–Crippen LogP) is 5.12. The van der Waals surface area contributed by atoms with Gasteiger partial charge in [-0.25, -0.2) is 13.2 Å². The zero-order chi connectivity index (χ0) is 15.9. The Morgan fingerprint density at radius 3 is 1.55 bits per heavy atom. The molecule has 1 atom stereocenters. The van der Waals surface area contributed by atoms with Gasteiger partial charge in [-0.2, -0.15) is 26.3 Å². The Morgan fingerprint density at radius 2 is 1.15 bits per heavy atom. The number of hydrogen-bond donors (Lipinski definition) is 0. The molecule has 0 bridgehead atoms. The summed E-state index contributed by atoms with van der Waals surface area (Å²) in [7, 11) is 0. The van der Waals surface area contributed by atoms with Crippen LogP contribution in [0.15, 0.2) is 12.1 Å². The molecule has 0 N–H and O–H groups in total. The van der Waals surface area contributed by atoms with E-state index < -0.39 is 46.7 Å². The lowest BCUT2D eigenvalue weighted by molar-refractivity contribution is -0.285. The van der Waals surface area contributed by atoms with Crippen molar-refractivity contribution in [1.29, 1.82) is 0 Å². The topological polar surface area (TPSA) is 0 Å². The van der Waals surface area contributed by atoms with Gasteiger partial charge in [0, 0.05) is 11.6 Å². The summed E-state index contributed by atoms with van der Waals surface area (Å²) in [6.07, 6.45) is -11.7. The maximum atomic E-state index is 13.2. The van der Waals surface area contributed by atoms with Crippen molar-refractivity contribution < 1.29 is 39.5 Å². The molecule has 0 aliphatic carbocycles. The van der Waals surface area contributed by atoms with Gasteiger partial charge in [0.25, 0.3) is 0 Å². The molecule has 1 rings (SSSR count). The van der Waals surface area contributed by atoms with Crippen molar-refractivity contribution >= 4 is 11.6 Å². The summed E-state index contributed by atoms with van der Waals surface area (Å²) in [5, 5.41) is -2.98. The number of hydrogen-bond acceptors (Lipinski definition) is 0. The molecule has 0 radical (unpaired) electrons. The molecule has 1 aromatic carbocycles. The Labute approximate surface area is 111 Å². The molecular weight excluding hydrogens is 327 g/mol. The average molecular weight is 331 g/mol. The molecule has 0 nitrogen and oxygen atoms in total. The summed E-state index contributed by atoms with van der Waals surface area (Å²) in [6.45, 7) is 0. The lowest BCUT2D eigenvalue weighted by atomic mass is 9.97. The summed E-state index contributed by atoms with van der Waals surface area (Å²) < 4.78 is 113. The number of halogens is 10. The summed E-state index contributed by atoms with van der Waals surface area (Å²) in [5.74, 6) is -9.49. The molecule has 0 fully saturated rings. The van der Waals surface area contributed by atoms with E-state index in [-0.39, 0.29) is 12.1 Å². The van der Waals surface area contributed by atoms with E-state index in [4.69, 9.17) is 11.6 Å². The van der Waals surface area contributed by atoms with Crippen LogP contribution >= 0.6 is 11.6 Å². The zero-order valence-electron chi connectivity index (χ0n) is 9.09. The van der Waals surface area contributed by atoms with Crippen LogP contribution in [0.2, 0.25) is 0 Å². The van der Waals surface area contributed by atoms with Gasteiger partial charge in [-0.3, -0.25) is 0 Å². The van der Waals surface area contributed by atoms with Crippen LogP contribution in [0, 0.1) is 23.4 Å². The van der Waals surface area contributed by atoms with Crippen molar-refractivity contribution in [2.24, 2.45) is 5.92 Å². The molecule has 0 aliphatic rings. The Hall–Kier alpha value is -1.12. The fourth-order valence-corrected chi connectivity index (χ4v) is 1.90. The van der Waals surface area contributed by atoms with E-state index >= 15 is 0 Å². The first kappa shape index (κ1) is 16.9. The van der Waals surface area contributed by atoms with Crippen LogP contribution < -0.4 is 0 Å². The normalized spacial score (nSPS) is 14.8. The fourth-order valence-electron chi connectivity index (χ4n) is 1.45. The largest absolute Gasteiger partial charge is 0.402 e. The molecule has 1 unspecified atom stereocenters. The van der Waals surface area contributed by atoms with Crippen molar-refractivity contribution in [2.45, 2.75) is 17.7 Å². The smallest absolute Gasteiger partial charge is 0.207 e. The van der Waals surface area contributed by atoms with Gasteiger partial charge in [-0.15, -0.1) is 11.6 Å². The summed E-state index contributed by atoms with van der Waals surface area (Å²) in [6, 6.07) is -0.309. The monoisotopic (exact) mass is 330 g/mol. The van der Waals surface area contributed by atoms with E-state index in [2.05, 4.69) is 0 Å². The van der Waals surface area contributed by atoms with E-state index in [1.807, 2.05) is 0 Å². The van der Waals surface area contributed by atoms with Gasteiger partial charge < -0.3 is 0 Å². The lowest BCUT2D eigenvalue weighted by Gasteiger charge is -2.27. The molecule has 0 spiro atoms. The first-order chi connectivity index (χ1) is 8.85. The van der Waals surface area contributed by atoms with Gasteiger partial charge in [-0.05, 0) is 6.07 Å². The van der Waals surface area contributed by atoms with Crippen LogP contribution in [0.1, 0.15) is 10.9 Å². The summed E-state index contributed by atoms with van der Waals surface area (Å²) in [5.41, 5.74) is -1.43. The minimum atomic E-state index is -5.83. The minimum Gasteiger partial charge on any atom is -0.207 e. The van der Waals surface area contributed by atoms with Crippen LogP contribution in [-0.4, -0.2) is 12.4 Å². The van der Waals surface area contributed by atoms with Gasteiger partial charge in [0.2, 0.25) is 0 Å². The summed E-state index contributed by atoms with van der Waals surface area (Å²) >= 11 is 5.00. The highest BCUT2D eigenvalue weighted by atomic mass is 35.5. The van der Waals surface area contributed by atoms with Crippen LogP contribution in [0.3, 0.4) is 0 Å². The Morgan fingerprint density at radius 1 is 0.750 bits per heavy atom. The Balaban J connectivity index is 3.34. The second-order valence-corrected chi connectivity index (χ2v) is 4.22. The molecule has 0 saturated carbocycles. The SMILES string of the molecule is Fc1cc(F)c(C(Cl)C(C(F)(F)F)C(F)(F)F)cc1F. The quantitative estimate of drug-likeness (QED) is 0.401. The number of benzene rings is 1. The molecule has 20 heavy (non-hydrogen) atoms. The molecule has 0 amide bonds. The molecule has 0 heterocycles.